The van der Waals surface area contributed by atoms with Gasteiger partial charge in [-0.05, 0) is 25.7 Å². The Labute approximate surface area is 145 Å². The Bertz CT molecular complexity index is 527. The highest BCUT2D eigenvalue weighted by Gasteiger charge is 2.49. The van der Waals surface area contributed by atoms with Gasteiger partial charge in [0, 0.05) is 19.1 Å². The zero-order valence-electron chi connectivity index (χ0n) is 13.6. The number of likely N-dealkylation sites (tertiary alicyclic amines) is 1. The van der Waals surface area contributed by atoms with Crippen LogP contribution >= 0.6 is 11.8 Å². The summed E-state index contributed by atoms with van der Waals surface area (Å²) in [4.78, 5) is 48.8. The lowest BCUT2D eigenvalue weighted by atomic mass is 10.00. The predicted molar refractivity (Wildman–Crippen MR) is 89.1 cm³/mol. The second kappa shape index (κ2) is 7.55. The number of carbonyl (C=O) groups excluding carboxylic acids is 4. The first-order chi connectivity index (χ1) is 11.6. The maximum atomic E-state index is 12.2. The monoisotopic (exact) mass is 353 g/mol. The van der Waals surface area contributed by atoms with Crippen molar-refractivity contribution in [1.29, 1.82) is 0 Å². The van der Waals surface area contributed by atoms with Gasteiger partial charge in [-0.15, -0.1) is 11.8 Å². The quantitative estimate of drug-likeness (QED) is 0.594. The lowest BCUT2D eigenvalue weighted by Crippen LogP contribution is -2.39. The van der Waals surface area contributed by atoms with E-state index < -0.39 is 0 Å². The van der Waals surface area contributed by atoms with Crippen LogP contribution in [0.3, 0.4) is 0 Å². The Hall–Kier alpha value is -1.57. The van der Waals surface area contributed by atoms with E-state index in [0.717, 1.165) is 32.1 Å². The molecule has 24 heavy (non-hydrogen) atoms. The van der Waals surface area contributed by atoms with Crippen LogP contribution in [-0.2, 0) is 19.2 Å². The van der Waals surface area contributed by atoms with Crippen LogP contribution in [0.4, 0.5) is 0 Å². The van der Waals surface area contributed by atoms with Crippen molar-refractivity contribution in [3.8, 4) is 0 Å². The van der Waals surface area contributed by atoms with E-state index >= 15 is 0 Å². The van der Waals surface area contributed by atoms with Gasteiger partial charge in [-0.1, -0.05) is 6.42 Å². The first kappa shape index (κ1) is 17.3. The largest absolute Gasteiger partial charge is 0.354 e. The van der Waals surface area contributed by atoms with Crippen molar-refractivity contribution in [2.24, 2.45) is 11.8 Å². The Morgan fingerprint density at radius 2 is 1.62 bits per heavy atom. The first-order valence-electron chi connectivity index (χ1n) is 8.55. The maximum Gasteiger partial charge on any atom is 0.233 e. The number of nitrogens with one attached hydrogen (secondary N) is 2. The highest BCUT2D eigenvalue weighted by molar-refractivity contribution is 8.00. The summed E-state index contributed by atoms with van der Waals surface area (Å²) in [7, 11) is 0. The third-order valence-corrected chi connectivity index (χ3v) is 5.68. The number of hydrogen-bond acceptors (Lipinski definition) is 5. The summed E-state index contributed by atoms with van der Waals surface area (Å²) in [6, 6.07) is 0.335. The standard InChI is InChI=1S/C16H23N3O4S/c20-13(8-24-9-14(21)18-10-4-5-10)17-6-7-19-15(22)11-2-1-3-12(11)16(19)23/h10-12H,1-9H2,(H,17,20)(H,18,21)/t11-,12+. The van der Waals surface area contributed by atoms with Gasteiger partial charge in [-0.2, -0.15) is 0 Å². The Balaban J connectivity index is 1.30. The number of fused-ring (bicyclic) bond motifs is 1. The normalized spacial score (nSPS) is 25.8. The summed E-state index contributed by atoms with van der Waals surface area (Å²) in [5.74, 6) is -0.163. The third kappa shape index (κ3) is 4.09. The topological polar surface area (TPSA) is 95.6 Å². The van der Waals surface area contributed by atoms with E-state index in [9.17, 15) is 19.2 Å². The summed E-state index contributed by atoms with van der Waals surface area (Å²) >= 11 is 1.26. The molecule has 7 nitrogen and oxygen atoms in total. The number of imide groups is 1. The van der Waals surface area contributed by atoms with Gasteiger partial charge >= 0.3 is 0 Å². The second-order valence-corrected chi connectivity index (χ2v) is 7.64. The molecule has 3 aliphatic rings. The molecule has 0 aromatic heterocycles. The number of hydrogen-bond donors (Lipinski definition) is 2. The molecule has 0 spiro atoms. The molecule has 1 heterocycles. The number of amides is 4. The van der Waals surface area contributed by atoms with E-state index in [1.54, 1.807) is 0 Å². The van der Waals surface area contributed by atoms with E-state index in [1.807, 2.05) is 0 Å². The van der Waals surface area contributed by atoms with Crippen LogP contribution in [0.25, 0.3) is 0 Å². The smallest absolute Gasteiger partial charge is 0.233 e. The average molecular weight is 353 g/mol. The Morgan fingerprint density at radius 3 is 2.25 bits per heavy atom. The van der Waals surface area contributed by atoms with Gasteiger partial charge in [-0.3, -0.25) is 24.1 Å². The molecular weight excluding hydrogens is 330 g/mol. The molecule has 8 heteroatoms. The van der Waals surface area contributed by atoms with Gasteiger partial charge in [0.2, 0.25) is 23.6 Å². The van der Waals surface area contributed by atoms with Crippen LogP contribution < -0.4 is 10.6 Å². The van der Waals surface area contributed by atoms with Crippen molar-refractivity contribution in [2.75, 3.05) is 24.6 Å². The van der Waals surface area contributed by atoms with E-state index in [4.69, 9.17) is 0 Å². The van der Waals surface area contributed by atoms with Crippen LogP contribution in [-0.4, -0.2) is 59.2 Å². The zero-order valence-corrected chi connectivity index (χ0v) is 14.4. The molecule has 132 valence electrons. The molecule has 1 aliphatic heterocycles. The van der Waals surface area contributed by atoms with Crippen LogP contribution in [0.15, 0.2) is 0 Å². The summed E-state index contributed by atoms with van der Waals surface area (Å²) in [5, 5.41) is 5.57. The van der Waals surface area contributed by atoms with Crippen molar-refractivity contribution >= 4 is 35.4 Å². The van der Waals surface area contributed by atoms with Crippen LogP contribution in [0.5, 0.6) is 0 Å². The SMILES string of the molecule is O=C(CSCC(=O)NC1CC1)NCCN1C(=O)[C@H]2CCC[C@H]2C1=O. The number of carbonyl (C=O) groups is 4. The molecule has 0 unspecified atom stereocenters. The lowest BCUT2D eigenvalue weighted by molar-refractivity contribution is -0.140. The molecule has 4 amide bonds. The Kier molecular flexibility index (Phi) is 5.43. The van der Waals surface area contributed by atoms with Crippen molar-refractivity contribution < 1.29 is 19.2 Å². The molecule has 1 saturated heterocycles. The summed E-state index contributed by atoms with van der Waals surface area (Å²) in [6.45, 7) is 0.508. The van der Waals surface area contributed by atoms with Crippen molar-refractivity contribution in [3.05, 3.63) is 0 Å². The molecule has 0 aromatic carbocycles. The van der Waals surface area contributed by atoms with Crippen molar-refractivity contribution in [3.63, 3.8) is 0 Å². The summed E-state index contributed by atoms with van der Waals surface area (Å²) in [5.41, 5.74) is 0. The molecule has 2 aliphatic carbocycles. The van der Waals surface area contributed by atoms with E-state index in [2.05, 4.69) is 10.6 Å². The highest BCUT2D eigenvalue weighted by atomic mass is 32.2. The summed E-state index contributed by atoms with van der Waals surface area (Å²) < 4.78 is 0. The van der Waals surface area contributed by atoms with Gasteiger partial charge in [-0.25, -0.2) is 0 Å². The first-order valence-corrected chi connectivity index (χ1v) is 9.71. The van der Waals surface area contributed by atoms with E-state index in [0.29, 0.717) is 6.04 Å². The molecule has 0 aromatic rings. The molecule has 2 saturated carbocycles. The minimum absolute atomic E-state index is 0.0323. The molecule has 2 N–H and O–H groups in total. The fraction of sp³-hybridized carbons (Fsp3) is 0.750. The fourth-order valence-electron chi connectivity index (χ4n) is 3.37. The number of rotatable bonds is 8. The molecule has 3 rings (SSSR count). The molecule has 3 fully saturated rings. The minimum Gasteiger partial charge on any atom is -0.354 e. The van der Waals surface area contributed by atoms with E-state index in [-0.39, 0.29) is 60.1 Å². The van der Waals surface area contributed by atoms with Crippen molar-refractivity contribution in [1.82, 2.24) is 15.5 Å². The second-order valence-electron chi connectivity index (χ2n) is 6.66. The third-order valence-electron chi connectivity index (χ3n) is 4.75. The van der Waals surface area contributed by atoms with Gasteiger partial charge in [0.05, 0.1) is 23.3 Å². The number of nitrogens with zero attached hydrogens (tertiary/aromatic N) is 1. The zero-order chi connectivity index (χ0) is 17.1. The van der Waals surface area contributed by atoms with Crippen LogP contribution in [0, 0.1) is 11.8 Å². The molecular formula is C16H23N3O4S. The molecule has 2 atom stereocenters. The predicted octanol–water partition coefficient (Wildman–Crippen LogP) is -0.100. The maximum absolute atomic E-state index is 12.2. The van der Waals surface area contributed by atoms with E-state index in [1.165, 1.54) is 16.7 Å². The van der Waals surface area contributed by atoms with Gasteiger partial charge < -0.3 is 10.6 Å². The average Bonchev–Trinajstić information content (AvgIpc) is 3.16. The Morgan fingerprint density at radius 1 is 1.00 bits per heavy atom. The van der Waals surface area contributed by atoms with Crippen LogP contribution in [0.2, 0.25) is 0 Å². The lowest BCUT2D eigenvalue weighted by Gasteiger charge is -2.16. The summed E-state index contributed by atoms with van der Waals surface area (Å²) in [6.07, 6.45) is 4.65. The number of thioether (sulfide) groups is 1. The van der Waals surface area contributed by atoms with Gasteiger partial charge in [0.25, 0.3) is 0 Å². The minimum atomic E-state index is -0.182. The van der Waals surface area contributed by atoms with Gasteiger partial charge in [0.1, 0.15) is 0 Å². The van der Waals surface area contributed by atoms with Gasteiger partial charge in [0.15, 0.2) is 0 Å². The fourth-order valence-corrected chi connectivity index (χ4v) is 4.03. The van der Waals surface area contributed by atoms with Crippen LogP contribution in [0.1, 0.15) is 32.1 Å². The highest BCUT2D eigenvalue weighted by Crippen LogP contribution is 2.39. The van der Waals surface area contributed by atoms with Crippen molar-refractivity contribution in [2.45, 2.75) is 38.1 Å². The molecule has 0 radical (unpaired) electrons. The molecule has 0 bridgehead atoms.